The Morgan fingerprint density at radius 2 is 1.73 bits per heavy atom. The fourth-order valence-electron chi connectivity index (χ4n) is 3.75. The quantitative estimate of drug-likeness (QED) is 0.531. The van der Waals surface area contributed by atoms with Gasteiger partial charge in [-0.05, 0) is 57.2 Å². The number of nitrogens with one attached hydrogen (secondary N) is 2. The lowest BCUT2D eigenvalue weighted by atomic mass is 10.1. The van der Waals surface area contributed by atoms with Crippen LogP contribution in [0.1, 0.15) is 12.8 Å². The molecule has 0 atom stereocenters. The molecule has 1 fully saturated rings. The second-order valence-electron chi connectivity index (χ2n) is 7.65. The van der Waals surface area contributed by atoms with Crippen LogP contribution in [0.3, 0.4) is 0 Å². The van der Waals surface area contributed by atoms with Crippen LogP contribution in [0.4, 0.5) is 17.3 Å². The van der Waals surface area contributed by atoms with Gasteiger partial charge in [0.1, 0.15) is 11.6 Å². The SMILES string of the molecule is CN1CCC(Nc2ccc3ncc(-c4ccc(Nc5cnccn5)cc4)n3n2)CC1. The zero-order valence-electron chi connectivity index (χ0n) is 16.9. The maximum absolute atomic E-state index is 4.81. The van der Waals surface area contributed by atoms with Crippen LogP contribution in [0, 0.1) is 0 Å². The van der Waals surface area contributed by atoms with Gasteiger partial charge in [0.25, 0.3) is 0 Å². The standard InChI is InChI=1S/C22H24N8/c1-29-12-8-18(9-13-29)26-20-6-7-22-25-14-19(30(22)28-20)16-2-4-17(5-3-16)27-21-15-23-10-11-24-21/h2-7,10-11,14-15,18H,8-9,12-13H2,1H3,(H,24,27)(H,26,28). The zero-order chi connectivity index (χ0) is 20.3. The highest BCUT2D eigenvalue weighted by molar-refractivity contribution is 5.67. The molecule has 152 valence electrons. The summed E-state index contributed by atoms with van der Waals surface area (Å²) in [5, 5.41) is 11.6. The molecule has 0 radical (unpaired) electrons. The predicted molar refractivity (Wildman–Crippen MR) is 118 cm³/mol. The predicted octanol–water partition coefficient (Wildman–Crippen LogP) is 3.44. The van der Waals surface area contributed by atoms with Crippen molar-refractivity contribution >= 4 is 23.0 Å². The molecule has 30 heavy (non-hydrogen) atoms. The highest BCUT2D eigenvalue weighted by Gasteiger charge is 2.17. The van der Waals surface area contributed by atoms with E-state index >= 15 is 0 Å². The third-order valence-electron chi connectivity index (χ3n) is 5.45. The fraction of sp³-hybridized carbons (Fsp3) is 0.273. The first kappa shape index (κ1) is 18.5. The van der Waals surface area contributed by atoms with Gasteiger partial charge in [0.05, 0.1) is 18.1 Å². The second-order valence-corrected chi connectivity index (χ2v) is 7.65. The molecule has 1 saturated heterocycles. The van der Waals surface area contributed by atoms with Gasteiger partial charge in [-0.25, -0.2) is 14.5 Å². The van der Waals surface area contributed by atoms with E-state index in [0.29, 0.717) is 11.9 Å². The molecule has 1 aliphatic rings. The summed E-state index contributed by atoms with van der Waals surface area (Å²) in [7, 11) is 2.17. The van der Waals surface area contributed by atoms with Crippen LogP contribution in [-0.2, 0) is 0 Å². The summed E-state index contributed by atoms with van der Waals surface area (Å²) in [5.74, 6) is 1.60. The third kappa shape index (κ3) is 3.95. The highest BCUT2D eigenvalue weighted by Crippen LogP contribution is 2.24. The van der Waals surface area contributed by atoms with Crippen molar-refractivity contribution in [2.75, 3.05) is 30.8 Å². The molecule has 2 N–H and O–H groups in total. The molecule has 1 aliphatic heterocycles. The molecule has 4 heterocycles. The van der Waals surface area contributed by atoms with Gasteiger partial charge in [0.2, 0.25) is 0 Å². The number of piperidine rings is 1. The zero-order valence-corrected chi connectivity index (χ0v) is 16.9. The van der Waals surface area contributed by atoms with Gasteiger partial charge in [0.15, 0.2) is 5.65 Å². The van der Waals surface area contributed by atoms with Crippen molar-refractivity contribution < 1.29 is 0 Å². The van der Waals surface area contributed by atoms with E-state index in [1.165, 1.54) is 0 Å². The average Bonchev–Trinajstić information content (AvgIpc) is 3.20. The van der Waals surface area contributed by atoms with Crippen LogP contribution in [-0.4, -0.2) is 55.6 Å². The highest BCUT2D eigenvalue weighted by atomic mass is 15.3. The van der Waals surface area contributed by atoms with Crippen molar-refractivity contribution in [3.8, 4) is 11.3 Å². The summed E-state index contributed by atoms with van der Waals surface area (Å²) < 4.78 is 1.91. The third-order valence-corrected chi connectivity index (χ3v) is 5.45. The topological polar surface area (TPSA) is 83.3 Å². The van der Waals surface area contributed by atoms with Crippen LogP contribution in [0.25, 0.3) is 16.9 Å². The Kier molecular flexibility index (Phi) is 4.98. The molecular weight excluding hydrogens is 376 g/mol. The van der Waals surface area contributed by atoms with Gasteiger partial charge >= 0.3 is 0 Å². The summed E-state index contributed by atoms with van der Waals surface area (Å²) in [6.07, 6.45) is 9.15. The summed E-state index contributed by atoms with van der Waals surface area (Å²) in [4.78, 5) is 15.2. The number of hydrogen-bond acceptors (Lipinski definition) is 7. The summed E-state index contributed by atoms with van der Waals surface area (Å²) in [6.45, 7) is 2.23. The Balaban J connectivity index is 1.36. The number of imidazole rings is 1. The Bertz CT molecular complexity index is 1120. The van der Waals surface area contributed by atoms with Gasteiger partial charge in [-0.1, -0.05) is 12.1 Å². The number of anilines is 3. The van der Waals surface area contributed by atoms with Gasteiger partial charge in [-0.15, -0.1) is 5.10 Å². The van der Waals surface area contributed by atoms with Gasteiger partial charge < -0.3 is 15.5 Å². The number of rotatable bonds is 5. The molecule has 0 unspecified atom stereocenters. The van der Waals surface area contributed by atoms with Crippen molar-refractivity contribution in [2.24, 2.45) is 0 Å². The summed E-state index contributed by atoms with van der Waals surface area (Å²) >= 11 is 0. The van der Waals surface area contributed by atoms with Crippen molar-refractivity contribution in [2.45, 2.75) is 18.9 Å². The number of likely N-dealkylation sites (tertiary alicyclic amines) is 1. The molecule has 0 aliphatic carbocycles. The molecule has 0 spiro atoms. The summed E-state index contributed by atoms with van der Waals surface area (Å²) in [5.41, 5.74) is 3.80. The molecule has 8 nitrogen and oxygen atoms in total. The number of hydrogen-bond donors (Lipinski definition) is 2. The molecule has 3 aromatic heterocycles. The van der Waals surface area contributed by atoms with E-state index in [2.05, 4.69) is 49.7 Å². The van der Waals surface area contributed by atoms with Crippen molar-refractivity contribution in [1.82, 2.24) is 29.5 Å². The maximum atomic E-state index is 4.81. The first-order valence-corrected chi connectivity index (χ1v) is 10.2. The van der Waals surface area contributed by atoms with E-state index in [1.807, 2.05) is 35.0 Å². The molecule has 0 amide bonds. The van der Waals surface area contributed by atoms with Crippen molar-refractivity contribution in [3.05, 3.63) is 61.2 Å². The van der Waals surface area contributed by atoms with Crippen LogP contribution >= 0.6 is 0 Å². The van der Waals surface area contributed by atoms with Crippen LogP contribution in [0.2, 0.25) is 0 Å². The Labute approximate surface area is 175 Å². The first-order chi connectivity index (χ1) is 14.7. The van der Waals surface area contributed by atoms with E-state index < -0.39 is 0 Å². The molecule has 0 bridgehead atoms. The van der Waals surface area contributed by atoms with Crippen molar-refractivity contribution in [3.63, 3.8) is 0 Å². The lowest BCUT2D eigenvalue weighted by molar-refractivity contribution is 0.263. The Hall–Kier alpha value is -3.52. The number of nitrogens with zero attached hydrogens (tertiary/aromatic N) is 6. The average molecular weight is 400 g/mol. The lowest BCUT2D eigenvalue weighted by Crippen LogP contribution is -2.36. The first-order valence-electron chi connectivity index (χ1n) is 10.2. The molecule has 1 aromatic carbocycles. The van der Waals surface area contributed by atoms with Crippen LogP contribution in [0.5, 0.6) is 0 Å². The van der Waals surface area contributed by atoms with Crippen LogP contribution in [0.15, 0.2) is 61.2 Å². The van der Waals surface area contributed by atoms with Gasteiger partial charge in [0, 0.05) is 29.7 Å². The maximum Gasteiger partial charge on any atom is 0.154 e. The molecule has 8 heteroatoms. The normalized spacial score (nSPS) is 15.4. The number of fused-ring (bicyclic) bond motifs is 1. The van der Waals surface area contributed by atoms with Crippen molar-refractivity contribution in [1.29, 1.82) is 0 Å². The van der Waals surface area contributed by atoms with E-state index in [4.69, 9.17) is 5.10 Å². The second kappa shape index (κ2) is 8.08. The van der Waals surface area contributed by atoms with E-state index in [0.717, 1.165) is 54.3 Å². The largest absolute Gasteiger partial charge is 0.366 e. The lowest BCUT2D eigenvalue weighted by Gasteiger charge is -2.29. The Morgan fingerprint density at radius 3 is 2.50 bits per heavy atom. The number of aromatic nitrogens is 5. The summed E-state index contributed by atoms with van der Waals surface area (Å²) in [6, 6.07) is 12.6. The minimum absolute atomic E-state index is 0.463. The molecule has 5 rings (SSSR count). The molecule has 0 saturated carbocycles. The minimum Gasteiger partial charge on any atom is -0.366 e. The van der Waals surface area contributed by atoms with E-state index in [9.17, 15) is 0 Å². The Morgan fingerprint density at radius 1 is 0.900 bits per heavy atom. The van der Waals surface area contributed by atoms with Gasteiger partial charge in [-0.3, -0.25) is 4.98 Å². The van der Waals surface area contributed by atoms with Gasteiger partial charge in [-0.2, -0.15) is 0 Å². The minimum atomic E-state index is 0.463. The van der Waals surface area contributed by atoms with Crippen LogP contribution < -0.4 is 10.6 Å². The number of benzene rings is 1. The monoisotopic (exact) mass is 400 g/mol. The van der Waals surface area contributed by atoms with E-state index in [1.54, 1.807) is 18.6 Å². The molecule has 4 aromatic rings. The fourth-order valence-corrected chi connectivity index (χ4v) is 3.75. The molecular formula is C22H24N8. The van der Waals surface area contributed by atoms with E-state index in [-0.39, 0.29) is 0 Å². The smallest absolute Gasteiger partial charge is 0.154 e.